The van der Waals surface area contributed by atoms with Gasteiger partial charge in [0, 0.05) is 27.7 Å². The third-order valence-electron chi connectivity index (χ3n) is 12.3. The van der Waals surface area contributed by atoms with Crippen LogP contribution in [0, 0.1) is 0 Å². The number of furan rings is 1. The Morgan fingerprint density at radius 1 is 0.316 bits per heavy atom. The molecule has 266 valence electrons. The van der Waals surface area contributed by atoms with Crippen molar-refractivity contribution in [3.05, 3.63) is 235 Å². The van der Waals surface area contributed by atoms with E-state index >= 15 is 0 Å². The van der Waals surface area contributed by atoms with Crippen molar-refractivity contribution in [2.24, 2.45) is 0 Å². The molecular weight excluding hydrogens is 691 g/mol. The fourth-order valence-electron chi connectivity index (χ4n) is 9.89. The number of hydrogen-bond acceptors (Lipinski definition) is 2. The summed E-state index contributed by atoms with van der Waals surface area (Å²) < 4.78 is 6.35. The van der Waals surface area contributed by atoms with Crippen molar-refractivity contribution in [1.82, 2.24) is 0 Å². The number of hydrogen-bond donors (Lipinski definition) is 0. The predicted octanol–water partition coefficient (Wildman–Crippen LogP) is 14.7. The van der Waals surface area contributed by atoms with Gasteiger partial charge >= 0.3 is 0 Å². The summed E-state index contributed by atoms with van der Waals surface area (Å²) in [6.07, 6.45) is 0. The van der Waals surface area contributed by atoms with Gasteiger partial charge in [-0.2, -0.15) is 0 Å². The van der Waals surface area contributed by atoms with Crippen molar-refractivity contribution >= 4 is 39.0 Å². The highest BCUT2D eigenvalue weighted by atomic mass is 16.3. The van der Waals surface area contributed by atoms with Crippen LogP contribution in [0.3, 0.4) is 0 Å². The molecule has 0 bridgehead atoms. The van der Waals surface area contributed by atoms with Crippen LogP contribution in [-0.2, 0) is 5.41 Å². The largest absolute Gasteiger partial charge is 0.456 e. The minimum absolute atomic E-state index is 0.446. The maximum Gasteiger partial charge on any atom is 0.135 e. The van der Waals surface area contributed by atoms with Crippen LogP contribution in [0.4, 0.5) is 17.1 Å². The van der Waals surface area contributed by atoms with Crippen LogP contribution >= 0.6 is 0 Å². The second-order valence-electron chi connectivity index (χ2n) is 15.2. The highest BCUT2D eigenvalue weighted by Gasteiger charge is 2.51. The van der Waals surface area contributed by atoms with Crippen LogP contribution in [0.2, 0.25) is 0 Å². The summed E-state index contributed by atoms with van der Waals surface area (Å²) in [4.78, 5) is 2.45. The van der Waals surface area contributed by atoms with Gasteiger partial charge in [0.05, 0.1) is 11.1 Å². The van der Waals surface area contributed by atoms with Crippen LogP contribution in [0.25, 0.3) is 66.4 Å². The number of para-hydroxylation sites is 2. The smallest absolute Gasteiger partial charge is 0.135 e. The summed E-state index contributed by atoms with van der Waals surface area (Å²) in [7, 11) is 0. The Bertz CT molecular complexity index is 3130. The Kier molecular flexibility index (Phi) is 6.88. The van der Waals surface area contributed by atoms with E-state index in [1.54, 1.807) is 0 Å². The van der Waals surface area contributed by atoms with Gasteiger partial charge in [0.15, 0.2) is 0 Å². The van der Waals surface area contributed by atoms with Gasteiger partial charge in [0.1, 0.15) is 11.2 Å². The topological polar surface area (TPSA) is 16.4 Å². The lowest BCUT2D eigenvalue weighted by atomic mass is 9.70. The predicted molar refractivity (Wildman–Crippen MR) is 236 cm³/mol. The number of nitrogens with zero attached hydrogens (tertiary/aromatic N) is 1. The first-order valence-electron chi connectivity index (χ1n) is 19.7. The van der Waals surface area contributed by atoms with Gasteiger partial charge in [0.2, 0.25) is 0 Å². The van der Waals surface area contributed by atoms with Crippen LogP contribution in [-0.4, -0.2) is 0 Å². The maximum absolute atomic E-state index is 6.35. The van der Waals surface area contributed by atoms with Gasteiger partial charge < -0.3 is 9.32 Å². The van der Waals surface area contributed by atoms with Crippen LogP contribution in [0.5, 0.6) is 0 Å². The van der Waals surface area contributed by atoms with Crippen LogP contribution in [0.15, 0.2) is 217 Å². The molecule has 57 heavy (non-hydrogen) atoms. The molecule has 2 aliphatic rings. The lowest BCUT2D eigenvalue weighted by Gasteiger charge is -2.32. The minimum Gasteiger partial charge on any atom is -0.456 e. The Balaban J connectivity index is 1.11. The first-order chi connectivity index (χ1) is 28.3. The molecule has 0 amide bonds. The molecule has 0 fully saturated rings. The van der Waals surface area contributed by atoms with Crippen molar-refractivity contribution in [1.29, 1.82) is 0 Å². The highest BCUT2D eigenvalue weighted by Crippen LogP contribution is 2.63. The third-order valence-corrected chi connectivity index (χ3v) is 12.3. The molecule has 0 N–H and O–H groups in total. The van der Waals surface area contributed by atoms with E-state index in [4.69, 9.17) is 4.42 Å². The van der Waals surface area contributed by atoms with Gasteiger partial charge in [-0.15, -0.1) is 0 Å². The summed E-state index contributed by atoms with van der Waals surface area (Å²) in [6.45, 7) is 0. The van der Waals surface area contributed by atoms with Gasteiger partial charge in [-0.3, -0.25) is 0 Å². The molecule has 0 atom stereocenters. The Morgan fingerprint density at radius 2 is 0.807 bits per heavy atom. The van der Waals surface area contributed by atoms with Crippen molar-refractivity contribution < 1.29 is 4.42 Å². The van der Waals surface area contributed by atoms with Gasteiger partial charge in [-0.25, -0.2) is 0 Å². The van der Waals surface area contributed by atoms with Gasteiger partial charge in [0.25, 0.3) is 0 Å². The lowest BCUT2D eigenvalue weighted by molar-refractivity contribution is 0.669. The Morgan fingerprint density at radius 3 is 1.51 bits per heavy atom. The average molecular weight is 726 g/mol. The fraction of sp³-hybridized carbons (Fsp3) is 0.0182. The summed E-state index contributed by atoms with van der Waals surface area (Å²) in [6, 6.07) is 77.6. The first-order valence-corrected chi connectivity index (χ1v) is 19.7. The zero-order chi connectivity index (χ0) is 37.5. The molecule has 2 heteroatoms. The SMILES string of the molecule is c1ccc(-c2ccc(-c3ccccc3N(c3ccc4c(c3)C3(c5ccccc5-c5ccccc53)c3ccccc3-4)c3ccc4oc5ccccc5c4c3)cc2)cc1. The highest BCUT2D eigenvalue weighted by molar-refractivity contribution is 6.07. The van der Waals surface area contributed by atoms with Crippen LogP contribution < -0.4 is 4.90 Å². The molecule has 10 aromatic rings. The van der Waals surface area contributed by atoms with E-state index in [2.05, 4.69) is 211 Å². The summed E-state index contributed by atoms with van der Waals surface area (Å²) >= 11 is 0. The zero-order valence-electron chi connectivity index (χ0n) is 31.1. The van der Waals surface area contributed by atoms with E-state index in [-0.39, 0.29) is 0 Å². The average Bonchev–Trinajstić information content (AvgIpc) is 3.91. The molecule has 0 aliphatic heterocycles. The molecule has 12 rings (SSSR count). The van der Waals surface area contributed by atoms with Crippen molar-refractivity contribution in [2.75, 3.05) is 4.90 Å². The normalized spacial score (nSPS) is 13.1. The molecular formula is C55H35NO. The Hall–Kier alpha value is -7.42. The summed E-state index contributed by atoms with van der Waals surface area (Å²) in [5, 5.41) is 2.21. The van der Waals surface area contributed by atoms with Crippen LogP contribution in [0.1, 0.15) is 22.3 Å². The molecule has 0 radical (unpaired) electrons. The van der Waals surface area contributed by atoms with Gasteiger partial charge in [-0.05, 0) is 104 Å². The number of fused-ring (bicyclic) bond motifs is 13. The fourth-order valence-corrected chi connectivity index (χ4v) is 9.89. The maximum atomic E-state index is 6.35. The van der Waals surface area contributed by atoms with Gasteiger partial charge in [-0.1, -0.05) is 170 Å². The Labute approximate surface area is 331 Å². The molecule has 1 spiro atoms. The van der Waals surface area contributed by atoms with Crippen molar-refractivity contribution in [3.8, 4) is 44.5 Å². The van der Waals surface area contributed by atoms with E-state index < -0.39 is 5.41 Å². The van der Waals surface area contributed by atoms with E-state index in [9.17, 15) is 0 Å². The zero-order valence-corrected chi connectivity index (χ0v) is 31.1. The van der Waals surface area contributed by atoms with E-state index in [0.29, 0.717) is 0 Å². The molecule has 2 nitrogen and oxygen atoms in total. The number of benzene rings is 9. The molecule has 1 heterocycles. The molecule has 0 unspecified atom stereocenters. The molecule has 0 saturated heterocycles. The summed E-state index contributed by atoms with van der Waals surface area (Å²) in [5.41, 5.74) is 19.8. The van der Waals surface area contributed by atoms with E-state index in [1.165, 1.54) is 55.6 Å². The van der Waals surface area contributed by atoms with E-state index in [0.717, 1.165) is 50.1 Å². The number of rotatable bonds is 5. The van der Waals surface area contributed by atoms with Crippen molar-refractivity contribution in [3.63, 3.8) is 0 Å². The molecule has 9 aromatic carbocycles. The number of anilines is 3. The monoisotopic (exact) mass is 725 g/mol. The standard InChI is InChI=1S/C55H35NO/c1-2-14-36(15-3-1)37-26-28-38(29-27-37)41-16-7-12-24-52(41)56(39-31-33-54-47(34-39)46-20-8-13-25-53(46)57-54)40-30-32-45-44-19-6-11-23-50(44)55(51(45)35-40)48-21-9-4-17-42(48)43-18-5-10-22-49(43)55/h1-35H. The quantitative estimate of drug-likeness (QED) is 0.176. The van der Waals surface area contributed by atoms with Crippen molar-refractivity contribution in [2.45, 2.75) is 5.41 Å². The minimum atomic E-state index is -0.446. The summed E-state index contributed by atoms with van der Waals surface area (Å²) in [5.74, 6) is 0. The first kappa shape index (κ1) is 31.9. The second kappa shape index (κ2) is 12.3. The second-order valence-corrected chi connectivity index (χ2v) is 15.2. The molecule has 1 aromatic heterocycles. The lowest BCUT2D eigenvalue weighted by Crippen LogP contribution is -2.26. The molecule has 0 saturated carbocycles. The van der Waals surface area contributed by atoms with E-state index in [1.807, 2.05) is 6.07 Å². The molecule has 2 aliphatic carbocycles. The third kappa shape index (κ3) is 4.59.